The number of para-hydroxylation sites is 2. The highest BCUT2D eigenvalue weighted by Crippen LogP contribution is 2.56. The van der Waals surface area contributed by atoms with Gasteiger partial charge in [-0.3, -0.25) is 0 Å². The summed E-state index contributed by atoms with van der Waals surface area (Å²) in [6, 6.07) is 45.5. The van der Waals surface area contributed by atoms with Crippen molar-refractivity contribution in [1.29, 1.82) is 0 Å². The molecule has 5 aromatic rings. The number of anilines is 3. The van der Waals surface area contributed by atoms with Gasteiger partial charge in [-0.1, -0.05) is 219 Å². The molecule has 0 atom stereocenters. The first-order chi connectivity index (χ1) is 27.1. The zero-order valence-corrected chi connectivity index (χ0v) is 34.4. The Labute approximate surface area is 334 Å². The summed E-state index contributed by atoms with van der Waals surface area (Å²) in [5, 5.41) is 0. The molecule has 0 saturated carbocycles. The lowest BCUT2D eigenvalue weighted by molar-refractivity contribution is 0.397. The van der Waals surface area contributed by atoms with Crippen LogP contribution >= 0.6 is 0 Å². The van der Waals surface area contributed by atoms with Gasteiger partial charge in [0.05, 0.1) is 0 Å². The highest BCUT2D eigenvalue weighted by Gasteiger charge is 2.42. The van der Waals surface area contributed by atoms with E-state index in [2.05, 4.69) is 159 Å². The lowest BCUT2D eigenvalue weighted by Gasteiger charge is -2.34. The van der Waals surface area contributed by atoms with Crippen LogP contribution in [-0.2, 0) is 5.41 Å². The van der Waals surface area contributed by atoms with Crippen molar-refractivity contribution in [3.63, 3.8) is 0 Å². The lowest BCUT2D eigenvalue weighted by Crippen LogP contribution is -2.26. The van der Waals surface area contributed by atoms with Crippen molar-refractivity contribution in [3.05, 3.63) is 149 Å². The number of hydrogen-bond acceptors (Lipinski definition) is 1. The average molecular weight is 730 g/mol. The van der Waals surface area contributed by atoms with Crippen LogP contribution in [0.4, 0.5) is 17.1 Å². The third kappa shape index (κ3) is 10.7. The third-order valence-corrected chi connectivity index (χ3v) is 12.1. The molecule has 1 nitrogen and oxygen atoms in total. The minimum absolute atomic E-state index is 0.00213. The summed E-state index contributed by atoms with van der Waals surface area (Å²) < 4.78 is 0. The first kappa shape index (κ1) is 40.3. The molecule has 0 aliphatic heterocycles. The van der Waals surface area contributed by atoms with Gasteiger partial charge in [0.1, 0.15) is 0 Å². The van der Waals surface area contributed by atoms with Gasteiger partial charge >= 0.3 is 0 Å². The van der Waals surface area contributed by atoms with Gasteiger partial charge in [0.25, 0.3) is 0 Å². The van der Waals surface area contributed by atoms with E-state index in [1.807, 2.05) is 0 Å². The number of benzene rings is 5. The maximum absolute atomic E-state index is 2.59. The molecule has 0 bridgehead atoms. The van der Waals surface area contributed by atoms with Gasteiger partial charge in [-0.2, -0.15) is 0 Å². The Morgan fingerprint density at radius 2 is 0.855 bits per heavy atom. The zero-order valence-electron chi connectivity index (χ0n) is 34.4. The monoisotopic (exact) mass is 730 g/mol. The van der Waals surface area contributed by atoms with Crippen molar-refractivity contribution in [3.8, 4) is 11.1 Å². The Bertz CT molecular complexity index is 1820. The molecule has 55 heavy (non-hydrogen) atoms. The molecule has 0 heterocycles. The molecule has 1 aliphatic carbocycles. The van der Waals surface area contributed by atoms with Crippen LogP contribution in [0, 0.1) is 6.92 Å². The fourth-order valence-corrected chi connectivity index (χ4v) is 9.00. The van der Waals surface area contributed by atoms with Gasteiger partial charge in [0.15, 0.2) is 0 Å². The van der Waals surface area contributed by atoms with Crippen molar-refractivity contribution in [2.45, 2.75) is 142 Å². The second-order valence-electron chi connectivity index (χ2n) is 16.3. The van der Waals surface area contributed by atoms with Crippen molar-refractivity contribution >= 4 is 29.2 Å². The molecule has 6 rings (SSSR count). The molecule has 0 fully saturated rings. The number of hydrogen-bond donors (Lipinski definition) is 0. The van der Waals surface area contributed by atoms with Gasteiger partial charge in [-0.05, 0) is 89.5 Å². The van der Waals surface area contributed by atoms with Crippen LogP contribution < -0.4 is 4.90 Å². The normalized spacial score (nSPS) is 12.9. The Morgan fingerprint density at radius 1 is 0.418 bits per heavy atom. The minimum atomic E-state index is -0.00213. The Kier molecular flexibility index (Phi) is 15.4. The molecule has 1 aliphatic rings. The van der Waals surface area contributed by atoms with E-state index in [9.17, 15) is 0 Å². The molecular weight excluding hydrogens is 663 g/mol. The quantitative estimate of drug-likeness (QED) is 0.0478. The molecule has 0 unspecified atom stereocenters. The largest absolute Gasteiger partial charge is 0.310 e. The van der Waals surface area contributed by atoms with Gasteiger partial charge in [0.2, 0.25) is 0 Å². The van der Waals surface area contributed by atoms with Crippen LogP contribution in [0.1, 0.15) is 157 Å². The van der Waals surface area contributed by atoms with E-state index in [0.29, 0.717) is 0 Å². The molecule has 0 aromatic heterocycles. The summed E-state index contributed by atoms with van der Waals surface area (Å²) >= 11 is 0. The zero-order chi connectivity index (χ0) is 38.1. The summed E-state index contributed by atoms with van der Waals surface area (Å²) in [6.45, 7) is 6.79. The second kappa shape index (κ2) is 21.1. The maximum Gasteiger partial charge on any atom is 0.0465 e. The van der Waals surface area contributed by atoms with E-state index < -0.39 is 0 Å². The molecule has 288 valence electrons. The van der Waals surface area contributed by atoms with E-state index in [1.165, 1.54) is 160 Å². The van der Waals surface area contributed by atoms with Gasteiger partial charge in [-0.25, -0.2) is 0 Å². The highest BCUT2D eigenvalue weighted by molar-refractivity contribution is 5.87. The fourth-order valence-electron chi connectivity index (χ4n) is 9.00. The van der Waals surface area contributed by atoms with E-state index >= 15 is 0 Å². The molecular formula is C54H67N. The molecule has 1 heteroatoms. The van der Waals surface area contributed by atoms with Crippen molar-refractivity contribution in [2.24, 2.45) is 0 Å². The summed E-state index contributed by atoms with van der Waals surface area (Å²) in [7, 11) is 0. The first-order valence-corrected chi connectivity index (χ1v) is 22.1. The van der Waals surface area contributed by atoms with E-state index in [0.717, 1.165) is 0 Å². The third-order valence-electron chi connectivity index (χ3n) is 12.1. The lowest BCUT2D eigenvalue weighted by atomic mass is 9.70. The number of unbranched alkanes of at least 4 members (excludes halogenated alkanes) is 14. The summed E-state index contributed by atoms with van der Waals surface area (Å²) in [4.78, 5) is 2.45. The van der Waals surface area contributed by atoms with Crippen molar-refractivity contribution < 1.29 is 0 Å². The smallest absolute Gasteiger partial charge is 0.0465 e. The fraction of sp³-hybridized carbons (Fsp3) is 0.407. The standard InChI is InChI=1S/C54H67N/c1-4-6-8-10-12-14-16-24-40-54(41-25-17-15-13-11-9-7-5-2)52-42-46(35-34-45-32-30-44(3)31-33-45)36-38-50(52)51-39-37-49(43-53(51)54)55(47-26-20-18-21-27-47)48-28-22-19-23-29-48/h18-23,26-39,42-43H,4-17,24-25,40-41H2,1-3H3/b35-34+. The van der Waals surface area contributed by atoms with Gasteiger partial charge in [0, 0.05) is 22.5 Å². The minimum Gasteiger partial charge on any atom is -0.310 e. The van der Waals surface area contributed by atoms with Crippen molar-refractivity contribution in [1.82, 2.24) is 0 Å². The van der Waals surface area contributed by atoms with Crippen LogP contribution in [-0.4, -0.2) is 0 Å². The number of fused-ring (bicyclic) bond motifs is 3. The highest BCUT2D eigenvalue weighted by atomic mass is 15.1. The predicted molar refractivity (Wildman–Crippen MR) is 242 cm³/mol. The van der Waals surface area contributed by atoms with E-state index in [4.69, 9.17) is 0 Å². The Hall–Kier alpha value is -4.36. The molecule has 0 spiro atoms. The average Bonchev–Trinajstić information content (AvgIpc) is 3.48. The van der Waals surface area contributed by atoms with Gasteiger partial charge in [-0.15, -0.1) is 0 Å². The molecule has 5 aromatic carbocycles. The molecule has 0 amide bonds. The number of rotatable bonds is 23. The second-order valence-corrected chi connectivity index (χ2v) is 16.3. The first-order valence-electron chi connectivity index (χ1n) is 22.1. The van der Waals surface area contributed by atoms with Crippen LogP contribution in [0.3, 0.4) is 0 Å². The molecule has 0 radical (unpaired) electrons. The summed E-state index contributed by atoms with van der Waals surface area (Å²) in [5.41, 5.74) is 13.5. The molecule has 0 N–H and O–H groups in total. The van der Waals surface area contributed by atoms with Crippen molar-refractivity contribution in [2.75, 3.05) is 4.90 Å². The molecule has 0 saturated heterocycles. The van der Waals surface area contributed by atoms with Crippen LogP contribution in [0.15, 0.2) is 121 Å². The predicted octanol–water partition coefficient (Wildman–Crippen LogP) is 17.0. The Morgan fingerprint density at radius 3 is 1.38 bits per heavy atom. The Balaban J connectivity index is 1.38. The SMILES string of the molecule is CCCCCCCCCCC1(CCCCCCCCCC)c2cc(/C=C/c3ccc(C)cc3)ccc2-c2ccc(N(c3ccccc3)c3ccccc3)cc21. The summed E-state index contributed by atoms with van der Waals surface area (Å²) in [5.74, 6) is 0. The topological polar surface area (TPSA) is 3.24 Å². The number of nitrogens with zero attached hydrogens (tertiary/aromatic N) is 1. The number of aryl methyl sites for hydroxylation is 1. The van der Waals surface area contributed by atoms with Crippen LogP contribution in [0.2, 0.25) is 0 Å². The van der Waals surface area contributed by atoms with Crippen LogP contribution in [0.5, 0.6) is 0 Å². The van der Waals surface area contributed by atoms with Crippen LogP contribution in [0.25, 0.3) is 23.3 Å². The van der Waals surface area contributed by atoms with E-state index in [1.54, 1.807) is 11.1 Å². The maximum atomic E-state index is 2.59. The van der Waals surface area contributed by atoms with Gasteiger partial charge < -0.3 is 4.90 Å². The van der Waals surface area contributed by atoms with E-state index in [-0.39, 0.29) is 5.41 Å². The summed E-state index contributed by atoms with van der Waals surface area (Å²) in [6.07, 6.45) is 28.6.